The predicted octanol–water partition coefficient (Wildman–Crippen LogP) is 2.37. The molecule has 0 aromatic heterocycles. The van der Waals surface area contributed by atoms with Crippen LogP contribution in [0, 0.1) is 12.3 Å². The minimum Gasteiger partial charge on any atom is -0.493 e. The van der Waals surface area contributed by atoms with Gasteiger partial charge in [0.15, 0.2) is 11.5 Å². The van der Waals surface area contributed by atoms with E-state index in [1.807, 2.05) is 0 Å². The average molecular weight is 303 g/mol. The number of amides is 2. The standard InChI is InChI=1S/C15H13NO4S/c1-4-8-16-14(17)12(21-15(16)18)9-10-6-5-7-11(19-2)13(10)20-3/h1,5-7,9H,8H2,2-3H3/b12-9+. The zero-order valence-corrected chi connectivity index (χ0v) is 12.4. The van der Waals surface area contributed by atoms with Crippen molar-refractivity contribution in [3.8, 4) is 23.8 Å². The fourth-order valence-electron chi connectivity index (χ4n) is 1.89. The van der Waals surface area contributed by atoms with Crippen LogP contribution in [0.4, 0.5) is 4.79 Å². The summed E-state index contributed by atoms with van der Waals surface area (Å²) in [6.45, 7) is -0.0305. The Morgan fingerprint density at radius 3 is 2.71 bits per heavy atom. The fourth-order valence-corrected chi connectivity index (χ4v) is 2.72. The molecule has 0 aliphatic carbocycles. The third kappa shape index (κ3) is 2.88. The van der Waals surface area contributed by atoms with Crippen LogP contribution in [-0.2, 0) is 4.79 Å². The molecule has 108 valence electrons. The van der Waals surface area contributed by atoms with E-state index in [4.69, 9.17) is 15.9 Å². The van der Waals surface area contributed by atoms with E-state index in [0.29, 0.717) is 22.0 Å². The maximum absolute atomic E-state index is 12.1. The lowest BCUT2D eigenvalue weighted by atomic mass is 10.1. The highest BCUT2D eigenvalue weighted by molar-refractivity contribution is 8.18. The van der Waals surface area contributed by atoms with Crippen LogP contribution >= 0.6 is 11.8 Å². The number of ether oxygens (including phenoxy) is 2. The number of nitrogens with zero attached hydrogens (tertiary/aromatic N) is 1. The first-order valence-electron chi connectivity index (χ1n) is 6.02. The van der Waals surface area contributed by atoms with Crippen LogP contribution in [0.2, 0.25) is 0 Å². The smallest absolute Gasteiger partial charge is 0.294 e. The van der Waals surface area contributed by atoms with Crippen molar-refractivity contribution in [3.63, 3.8) is 0 Å². The SMILES string of the molecule is C#CCN1C(=O)S/C(=C/c2cccc(OC)c2OC)C1=O. The van der Waals surface area contributed by atoms with E-state index in [1.54, 1.807) is 24.3 Å². The Bertz CT molecular complexity index is 660. The third-order valence-corrected chi connectivity index (χ3v) is 3.75. The molecule has 1 aliphatic rings. The van der Waals surface area contributed by atoms with Crippen molar-refractivity contribution >= 4 is 29.0 Å². The van der Waals surface area contributed by atoms with Gasteiger partial charge in [0, 0.05) is 5.56 Å². The van der Waals surface area contributed by atoms with Crippen molar-refractivity contribution in [1.29, 1.82) is 0 Å². The molecule has 2 amide bonds. The van der Waals surface area contributed by atoms with E-state index in [0.717, 1.165) is 16.7 Å². The molecule has 1 saturated heterocycles. The Morgan fingerprint density at radius 2 is 2.10 bits per heavy atom. The van der Waals surface area contributed by atoms with E-state index in [2.05, 4.69) is 5.92 Å². The van der Waals surface area contributed by atoms with Crippen LogP contribution in [0.25, 0.3) is 6.08 Å². The van der Waals surface area contributed by atoms with Crippen LogP contribution in [0.1, 0.15) is 5.56 Å². The minimum absolute atomic E-state index is 0.0305. The molecule has 1 aliphatic heterocycles. The lowest BCUT2D eigenvalue weighted by Crippen LogP contribution is -2.28. The first-order chi connectivity index (χ1) is 10.1. The molecule has 21 heavy (non-hydrogen) atoms. The molecule has 2 rings (SSSR count). The number of hydrogen-bond donors (Lipinski definition) is 0. The summed E-state index contributed by atoms with van der Waals surface area (Å²) in [7, 11) is 3.04. The van der Waals surface area contributed by atoms with Gasteiger partial charge in [0.25, 0.3) is 11.1 Å². The Hall–Kier alpha value is -2.39. The van der Waals surface area contributed by atoms with E-state index in [9.17, 15) is 9.59 Å². The summed E-state index contributed by atoms with van der Waals surface area (Å²) in [5, 5.41) is -0.369. The quantitative estimate of drug-likeness (QED) is 0.631. The van der Waals surface area contributed by atoms with Gasteiger partial charge < -0.3 is 9.47 Å². The maximum Gasteiger partial charge on any atom is 0.294 e. The fraction of sp³-hybridized carbons (Fsp3) is 0.200. The molecule has 1 heterocycles. The van der Waals surface area contributed by atoms with Gasteiger partial charge in [-0.1, -0.05) is 18.1 Å². The van der Waals surface area contributed by atoms with E-state index in [1.165, 1.54) is 14.2 Å². The second-order valence-electron chi connectivity index (χ2n) is 4.05. The first-order valence-corrected chi connectivity index (χ1v) is 6.83. The summed E-state index contributed by atoms with van der Waals surface area (Å²) in [4.78, 5) is 25.2. The number of carbonyl (C=O) groups is 2. The minimum atomic E-state index is -0.396. The highest BCUT2D eigenvalue weighted by Gasteiger charge is 2.34. The van der Waals surface area contributed by atoms with Crippen LogP contribution in [0.5, 0.6) is 11.5 Å². The summed E-state index contributed by atoms with van der Waals surface area (Å²) < 4.78 is 10.5. The Kier molecular flexibility index (Phi) is 4.55. The highest BCUT2D eigenvalue weighted by atomic mass is 32.2. The zero-order valence-electron chi connectivity index (χ0n) is 11.6. The molecular formula is C15H13NO4S. The number of hydrogen-bond acceptors (Lipinski definition) is 5. The van der Waals surface area contributed by atoms with Gasteiger partial charge in [-0.2, -0.15) is 0 Å². The topological polar surface area (TPSA) is 55.8 Å². The van der Waals surface area contributed by atoms with E-state index >= 15 is 0 Å². The molecule has 0 unspecified atom stereocenters. The highest BCUT2D eigenvalue weighted by Crippen LogP contribution is 2.36. The number of methoxy groups -OCH3 is 2. The molecule has 1 aromatic carbocycles. The van der Waals surface area contributed by atoms with Gasteiger partial charge in [-0.05, 0) is 23.9 Å². The molecule has 0 saturated carbocycles. The van der Waals surface area contributed by atoms with Gasteiger partial charge in [0.1, 0.15) is 0 Å². The molecule has 0 atom stereocenters. The molecule has 0 radical (unpaired) electrons. The van der Waals surface area contributed by atoms with E-state index < -0.39 is 5.91 Å². The number of carbonyl (C=O) groups excluding carboxylic acids is 2. The average Bonchev–Trinajstić information content (AvgIpc) is 2.75. The van der Waals surface area contributed by atoms with E-state index in [-0.39, 0.29) is 11.8 Å². The van der Waals surface area contributed by atoms with Crippen LogP contribution in [-0.4, -0.2) is 36.8 Å². The summed E-state index contributed by atoms with van der Waals surface area (Å²) in [6.07, 6.45) is 6.75. The van der Waals surface area contributed by atoms with Crippen LogP contribution in [0.15, 0.2) is 23.1 Å². The molecule has 0 N–H and O–H groups in total. The van der Waals surface area contributed by atoms with Gasteiger partial charge >= 0.3 is 0 Å². The number of para-hydroxylation sites is 1. The Balaban J connectivity index is 2.40. The van der Waals surface area contributed by atoms with Crippen molar-refractivity contribution in [2.24, 2.45) is 0 Å². The van der Waals surface area contributed by atoms with Gasteiger partial charge in [0.2, 0.25) is 0 Å². The first kappa shape index (κ1) is 15.0. The number of imide groups is 1. The summed E-state index contributed by atoms with van der Waals surface area (Å²) in [5.74, 6) is 2.95. The number of thioether (sulfide) groups is 1. The molecule has 1 aromatic rings. The third-order valence-electron chi connectivity index (χ3n) is 2.84. The Morgan fingerprint density at radius 1 is 1.33 bits per heavy atom. The van der Waals surface area contributed by atoms with Crippen molar-refractivity contribution in [3.05, 3.63) is 28.7 Å². The molecule has 5 nitrogen and oxygen atoms in total. The normalized spacial score (nSPS) is 16.2. The van der Waals surface area contributed by atoms with Crippen molar-refractivity contribution in [1.82, 2.24) is 4.90 Å². The molecular weight excluding hydrogens is 290 g/mol. The predicted molar refractivity (Wildman–Crippen MR) is 81.1 cm³/mol. The maximum atomic E-state index is 12.1. The van der Waals surface area contributed by atoms with Gasteiger partial charge in [-0.3, -0.25) is 14.5 Å². The van der Waals surface area contributed by atoms with Crippen molar-refractivity contribution in [2.45, 2.75) is 0 Å². The monoisotopic (exact) mass is 303 g/mol. The van der Waals surface area contributed by atoms with Gasteiger partial charge in [-0.25, -0.2) is 0 Å². The zero-order chi connectivity index (χ0) is 15.4. The Labute approximate surface area is 126 Å². The second kappa shape index (κ2) is 6.37. The van der Waals surface area contributed by atoms with Crippen molar-refractivity contribution < 1.29 is 19.1 Å². The van der Waals surface area contributed by atoms with Gasteiger partial charge in [-0.15, -0.1) is 6.42 Å². The largest absolute Gasteiger partial charge is 0.493 e. The molecule has 6 heteroatoms. The lowest BCUT2D eigenvalue weighted by molar-refractivity contribution is -0.122. The molecule has 1 fully saturated rings. The lowest BCUT2D eigenvalue weighted by Gasteiger charge is -2.10. The van der Waals surface area contributed by atoms with Crippen molar-refractivity contribution in [2.75, 3.05) is 20.8 Å². The van der Waals surface area contributed by atoms with Gasteiger partial charge in [0.05, 0.1) is 25.7 Å². The molecule has 0 spiro atoms. The number of rotatable bonds is 4. The van der Waals surface area contributed by atoms with Crippen LogP contribution < -0.4 is 9.47 Å². The second-order valence-corrected chi connectivity index (χ2v) is 5.05. The summed E-state index contributed by atoms with van der Waals surface area (Å²) in [5.41, 5.74) is 0.656. The number of terminal acetylenes is 1. The number of benzene rings is 1. The molecule has 0 bridgehead atoms. The summed E-state index contributed by atoms with van der Waals surface area (Å²) >= 11 is 0.856. The van der Waals surface area contributed by atoms with Crippen LogP contribution in [0.3, 0.4) is 0 Å². The summed E-state index contributed by atoms with van der Waals surface area (Å²) in [6, 6.07) is 5.30.